The number of carboxylic acid groups (broad SMARTS) is 1. The van der Waals surface area contributed by atoms with Crippen molar-refractivity contribution in [1.29, 1.82) is 0 Å². The van der Waals surface area contributed by atoms with E-state index in [9.17, 15) is 4.79 Å². The Morgan fingerprint density at radius 1 is 0.442 bits per heavy atom. The van der Waals surface area contributed by atoms with Crippen LogP contribution in [0, 0.1) is 0 Å². The van der Waals surface area contributed by atoms with E-state index in [-0.39, 0.29) is 12.7 Å². The minimum absolute atomic E-state index is 0.0842. The molecule has 258 valence electrons. The van der Waals surface area contributed by atoms with Gasteiger partial charge in [0.25, 0.3) is 0 Å². The van der Waals surface area contributed by atoms with Crippen LogP contribution in [-0.4, -0.2) is 30.6 Å². The van der Waals surface area contributed by atoms with Gasteiger partial charge in [0, 0.05) is 6.61 Å². The van der Waals surface area contributed by atoms with Crippen LogP contribution in [0.3, 0.4) is 0 Å². The van der Waals surface area contributed by atoms with E-state index in [0.717, 1.165) is 25.9 Å². The third kappa shape index (κ3) is 37.3. The molecule has 4 nitrogen and oxygen atoms in total. The smallest absolute Gasteiger partial charge is 0.450 e. The first-order chi connectivity index (χ1) is 21.2. The van der Waals surface area contributed by atoms with Crippen LogP contribution in [0.15, 0.2) is 0 Å². The van der Waals surface area contributed by atoms with Gasteiger partial charge in [-0.1, -0.05) is 213 Å². The number of rotatable bonds is 37. The molecule has 1 atom stereocenters. The maximum atomic E-state index is 10.9. The van der Waals surface area contributed by atoms with Gasteiger partial charge in [0.2, 0.25) is 0 Å². The van der Waals surface area contributed by atoms with Crippen LogP contribution in [-0.2, 0) is 9.47 Å². The zero-order valence-corrected chi connectivity index (χ0v) is 29.5. The molecule has 0 amide bonds. The molecule has 1 unspecified atom stereocenters. The number of carbonyl (C=O) groups is 1. The molecule has 0 heterocycles. The van der Waals surface area contributed by atoms with Crippen molar-refractivity contribution in [3.05, 3.63) is 0 Å². The fourth-order valence-electron chi connectivity index (χ4n) is 6.20. The molecular weight excluding hydrogens is 532 g/mol. The van der Waals surface area contributed by atoms with Gasteiger partial charge in [-0.25, -0.2) is 4.79 Å². The van der Waals surface area contributed by atoms with Gasteiger partial charge in [-0.2, -0.15) is 0 Å². The molecule has 0 saturated carbocycles. The minimum Gasteiger partial charge on any atom is -0.450 e. The van der Waals surface area contributed by atoms with Crippen molar-refractivity contribution in [3.8, 4) is 0 Å². The van der Waals surface area contributed by atoms with Crippen molar-refractivity contribution in [3.63, 3.8) is 0 Å². The summed E-state index contributed by atoms with van der Waals surface area (Å²) >= 11 is 0. The topological polar surface area (TPSA) is 55.8 Å². The van der Waals surface area contributed by atoms with E-state index >= 15 is 0 Å². The summed E-state index contributed by atoms with van der Waals surface area (Å²) in [6.45, 7) is 5.47. The van der Waals surface area contributed by atoms with E-state index in [2.05, 4.69) is 13.8 Å². The summed E-state index contributed by atoms with van der Waals surface area (Å²) in [6, 6.07) is 0. The fourth-order valence-corrected chi connectivity index (χ4v) is 6.20. The highest BCUT2D eigenvalue weighted by atomic mass is 16.7. The highest BCUT2D eigenvalue weighted by molar-refractivity contribution is 5.56. The van der Waals surface area contributed by atoms with Crippen LogP contribution in [0.4, 0.5) is 4.79 Å². The molecule has 0 aromatic heterocycles. The molecule has 0 rings (SSSR count). The molecule has 43 heavy (non-hydrogen) atoms. The Morgan fingerprint density at radius 2 is 0.721 bits per heavy atom. The van der Waals surface area contributed by atoms with Crippen LogP contribution in [0.2, 0.25) is 0 Å². The largest absolute Gasteiger partial charge is 0.505 e. The van der Waals surface area contributed by atoms with Gasteiger partial charge < -0.3 is 14.6 Å². The summed E-state index contributed by atoms with van der Waals surface area (Å²) < 4.78 is 10.9. The molecule has 0 aliphatic rings. The highest BCUT2D eigenvalue weighted by Gasteiger charge is 2.12. The van der Waals surface area contributed by atoms with E-state index in [1.165, 1.54) is 193 Å². The van der Waals surface area contributed by atoms with Crippen LogP contribution in [0.1, 0.15) is 226 Å². The molecule has 0 aliphatic carbocycles. The van der Waals surface area contributed by atoms with E-state index in [1.54, 1.807) is 0 Å². The molecule has 0 fully saturated rings. The average Bonchev–Trinajstić information content (AvgIpc) is 3.00. The van der Waals surface area contributed by atoms with Gasteiger partial charge in [-0.15, -0.1) is 0 Å². The summed E-state index contributed by atoms with van der Waals surface area (Å²) in [5.74, 6) is 0. The first-order valence-electron chi connectivity index (χ1n) is 19.7. The maximum Gasteiger partial charge on any atom is 0.505 e. The van der Waals surface area contributed by atoms with Crippen LogP contribution in [0.5, 0.6) is 0 Å². The Morgan fingerprint density at radius 3 is 1.02 bits per heavy atom. The fraction of sp³-hybridized carbons (Fsp3) is 0.974. The summed E-state index contributed by atoms with van der Waals surface area (Å²) in [6.07, 6.45) is 43.3. The number of hydrogen-bond donors (Lipinski definition) is 1. The maximum absolute atomic E-state index is 10.9. The summed E-state index contributed by atoms with van der Waals surface area (Å²) in [5, 5.41) is 8.92. The lowest BCUT2D eigenvalue weighted by Crippen LogP contribution is -2.22. The normalized spacial score (nSPS) is 12.1. The molecule has 0 spiro atoms. The van der Waals surface area contributed by atoms with Gasteiger partial charge in [0.15, 0.2) is 0 Å². The van der Waals surface area contributed by atoms with Crippen molar-refractivity contribution < 1.29 is 19.4 Å². The predicted molar refractivity (Wildman–Crippen MR) is 187 cm³/mol. The van der Waals surface area contributed by atoms with Crippen LogP contribution >= 0.6 is 0 Å². The van der Waals surface area contributed by atoms with Gasteiger partial charge in [0.1, 0.15) is 6.61 Å². The van der Waals surface area contributed by atoms with Crippen molar-refractivity contribution in [2.24, 2.45) is 0 Å². The van der Waals surface area contributed by atoms with Gasteiger partial charge in [-0.05, 0) is 12.8 Å². The average molecular weight is 611 g/mol. The second-order valence-electron chi connectivity index (χ2n) is 13.5. The van der Waals surface area contributed by atoms with E-state index in [1.807, 2.05) is 0 Å². The number of hydrogen-bond acceptors (Lipinski definition) is 3. The monoisotopic (exact) mass is 611 g/mol. The van der Waals surface area contributed by atoms with E-state index in [4.69, 9.17) is 14.6 Å². The zero-order valence-electron chi connectivity index (χ0n) is 29.5. The van der Waals surface area contributed by atoms with Gasteiger partial charge in [-0.3, -0.25) is 0 Å². The summed E-state index contributed by atoms with van der Waals surface area (Å²) in [7, 11) is 0. The van der Waals surface area contributed by atoms with Crippen molar-refractivity contribution in [1.82, 2.24) is 0 Å². The van der Waals surface area contributed by atoms with Crippen molar-refractivity contribution in [2.45, 2.75) is 232 Å². The lowest BCUT2D eigenvalue weighted by molar-refractivity contribution is -0.0133. The Hall–Kier alpha value is -0.770. The molecular formula is C39H78O4. The first-order valence-corrected chi connectivity index (χ1v) is 19.7. The second kappa shape index (κ2) is 37.4. The molecule has 1 N–H and O–H groups in total. The molecule has 0 aromatic rings. The predicted octanol–water partition coefficient (Wildman–Crippen LogP) is 14.0. The first kappa shape index (κ1) is 42.2. The van der Waals surface area contributed by atoms with Gasteiger partial charge in [0.05, 0.1) is 6.10 Å². The van der Waals surface area contributed by atoms with Crippen molar-refractivity contribution in [2.75, 3.05) is 13.2 Å². The molecule has 0 aliphatic heterocycles. The highest BCUT2D eigenvalue weighted by Crippen LogP contribution is 2.16. The molecule has 0 radical (unpaired) electrons. The number of unbranched alkanes of at least 4 members (excludes halogenated alkanes) is 30. The van der Waals surface area contributed by atoms with E-state index < -0.39 is 6.16 Å². The minimum atomic E-state index is -1.19. The number of ether oxygens (including phenoxy) is 2. The quantitative estimate of drug-likeness (QED) is 0.0561. The zero-order chi connectivity index (χ0) is 31.3. The Labute approximate surface area is 270 Å². The SMILES string of the molecule is CCCCCCCCCCCCCCCCCCOC(CCCCCCCCCCCCCCCCCC)COC(=O)O. The third-order valence-corrected chi connectivity index (χ3v) is 9.12. The standard InChI is InChI=1S/C39H78O4/c1-3-5-7-9-11-13-15-17-19-21-23-25-27-29-31-33-35-38(37-43-39(40)41)42-36-34-32-30-28-26-24-22-20-18-16-14-12-10-8-6-4-2/h38H,3-37H2,1-2H3,(H,40,41). The summed E-state index contributed by atoms with van der Waals surface area (Å²) in [5.41, 5.74) is 0. The van der Waals surface area contributed by atoms with Crippen molar-refractivity contribution >= 4 is 6.16 Å². The van der Waals surface area contributed by atoms with Gasteiger partial charge >= 0.3 is 6.16 Å². The molecule has 4 heteroatoms. The lowest BCUT2D eigenvalue weighted by Gasteiger charge is -2.17. The summed E-state index contributed by atoms with van der Waals surface area (Å²) in [4.78, 5) is 10.9. The van der Waals surface area contributed by atoms with Crippen LogP contribution < -0.4 is 0 Å². The second-order valence-corrected chi connectivity index (χ2v) is 13.5. The lowest BCUT2D eigenvalue weighted by atomic mass is 10.0. The molecule has 0 aromatic carbocycles. The Balaban J connectivity index is 3.54. The molecule has 0 bridgehead atoms. The van der Waals surface area contributed by atoms with E-state index in [0.29, 0.717) is 0 Å². The van der Waals surface area contributed by atoms with Crippen LogP contribution in [0.25, 0.3) is 0 Å². The third-order valence-electron chi connectivity index (χ3n) is 9.12. The Bertz CT molecular complexity index is 523. The Kier molecular flexibility index (Phi) is 36.7. The molecule has 0 saturated heterocycles.